The summed E-state index contributed by atoms with van der Waals surface area (Å²) >= 11 is 0. The Labute approximate surface area is 498 Å². The maximum Gasteiger partial charge on any atom is 0.220 e. The zero-order chi connectivity index (χ0) is 60.5. The predicted octanol–water partition coefficient (Wildman–Crippen LogP) is 7.49. The Morgan fingerprint density at radius 3 is 1.19 bits per heavy atom. The van der Waals surface area contributed by atoms with Crippen LogP contribution in [0, 0.1) is 0 Å². The molecule has 3 aliphatic rings. The van der Waals surface area contributed by atoms with Crippen LogP contribution in [0.4, 0.5) is 0 Å². The third-order valence-corrected chi connectivity index (χ3v) is 16.7. The summed E-state index contributed by atoms with van der Waals surface area (Å²) in [7, 11) is 0. The third kappa shape index (κ3) is 30.4. The lowest BCUT2D eigenvalue weighted by molar-refractivity contribution is -0.379. The highest BCUT2D eigenvalue weighted by molar-refractivity contribution is 5.76. The number of allylic oxidation sites excluding steroid dienone is 3. The quantitative estimate of drug-likeness (QED) is 0.0207. The average Bonchev–Trinajstić information content (AvgIpc) is 3.56. The normalized spacial score (nSPS) is 29.5. The van der Waals surface area contributed by atoms with Gasteiger partial charge in [-0.1, -0.05) is 224 Å². The summed E-state index contributed by atoms with van der Waals surface area (Å²) in [5.41, 5.74) is 0. The first-order valence-electron chi connectivity index (χ1n) is 33.1. The first kappa shape index (κ1) is 75.5. The van der Waals surface area contributed by atoms with E-state index in [1.54, 1.807) is 12.2 Å². The van der Waals surface area contributed by atoms with Crippen molar-refractivity contribution in [2.24, 2.45) is 0 Å². The van der Waals surface area contributed by atoms with Crippen molar-refractivity contribution in [1.82, 2.24) is 5.32 Å². The molecule has 0 radical (unpaired) electrons. The van der Waals surface area contributed by atoms with E-state index in [0.29, 0.717) is 12.8 Å². The molecule has 3 fully saturated rings. The van der Waals surface area contributed by atoms with Crippen molar-refractivity contribution < 1.29 is 89.4 Å². The van der Waals surface area contributed by atoms with Gasteiger partial charge in [-0.3, -0.25) is 4.79 Å². The van der Waals surface area contributed by atoms with E-state index in [-0.39, 0.29) is 18.9 Å². The van der Waals surface area contributed by atoms with Crippen LogP contribution in [-0.4, -0.2) is 193 Å². The average molecular weight is 1190 g/mol. The molecule has 19 heteroatoms. The zero-order valence-corrected chi connectivity index (χ0v) is 51.2. The van der Waals surface area contributed by atoms with E-state index in [2.05, 4.69) is 24.4 Å². The molecule has 0 bridgehead atoms. The van der Waals surface area contributed by atoms with Crippen molar-refractivity contribution in [3.8, 4) is 0 Å². The van der Waals surface area contributed by atoms with Crippen LogP contribution in [0.5, 0.6) is 0 Å². The molecule has 0 aromatic rings. The van der Waals surface area contributed by atoms with Crippen LogP contribution in [0.15, 0.2) is 24.3 Å². The summed E-state index contributed by atoms with van der Waals surface area (Å²) in [4.78, 5) is 13.2. The smallest absolute Gasteiger partial charge is 0.220 e. The Kier molecular flexibility index (Phi) is 43.0. The van der Waals surface area contributed by atoms with E-state index < -0.39 is 124 Å². The van der Waals surface area contributed by atoms with Crippen LogP contribution in [-0.2, 0) is 33.2 Å². The van der Waals surface area contributed by atoms with E-state index in [9.17, 15) is 61.0 Å². The number of nitrogens with one attached hydrogen (secondary N) is 1. The highest BCUT2D eigenvalue weighted by atomic mass is 16.8. The number of ether oxygens (including phenoxy) is 6. The highest BCUT2D eigenvalue weighted by Crippen LogP contribution is 2.33. The van der Waals surface area contributed by atoms with Crippen molar-refractivity contribution in [1.29, 1.82) is 0 Å². The fourth-order valence-corrected chi connectivity index (χ4v) is 11.3. The van der Waals surface area contributed by atoms with Gasteiger partial charge >= 0.3 is 0 Å². The summed E-state index contributed by atoms with van der Waals surface area (Å²) in [5.74, 6) is -0.284. The fraction of sp³-hybridized carbons (Fsp3) is 0.922. The zero-order valence-electron chi connectivity index (χ0n) is 51.2. The van der Waals surface area contributed by atoms with E-state index in [1.165, 1.54) is 186 Å². The van der Waals surface area contributed by atoms with Crippen molar-refractivity contribution in [3.05, 3.63) is 24.3 Å². The van der Waals surface area contributed by atoms with Gasteiger partial charge in [-0.2, -0.15) is 0 Å². The molecule has 17 atom stereocenters. The SMILES string of the molecule is CCC/C=C/C(O)C(COC1OC(CO)C(OC2OC(CO)C(OC3OC(CO)C(O)C(O)C3O)C(O)C2O)C(O)C1O)NC(=O)CCCCCCCCCCCCCCCCCCCCCCCCC/C=C\CCCCCCCCCC. The van der Waals surface area contributed by atoms with Gasteiger partial charge in [0.15, 0.2) is 18.9 Å². The fourth-order valence-electron chi connectivity index (χ4n) is 11.3. The van der Waals surface area contributed by atoms with E-state index in [4.69, 9.17) is 28.4 Å². The minimum absolute atomic E-state index is 0.245. The van der Waals surface area contributed by atoms with Gasteiger partial charge in [0.2, 0.25) is 5.91 Å². The largest absolute Gasteiger partial charge is 0.394 e. The number of hydrogen-bond acceptors (Lipinski definition) is 18. The molecule has 3 aliphatic heterocycles. The van der Waals surface area contributed by atoms with Gasteiger partial charge in [0.25, 0.3) is 0 Å². The Morgan fingerprint density at radius 2 is 0.783 bits per heavy atom. The molecule has 0 aliphatic carbocycles. The Balaban J connectivity index is 1.22. The number of carbonyl (C=O) groups is 1. The summed E-state index contributed by atoms with van der Waals surface area (Å²) in [6.45, 7) is 1.50. The lowest BCUT2D eigenvalue weighted by Gasteiger charge is -2.48. The number of unbranched alkanes of at least 4 members (excludes halogenated alkanes) is 32. The second-order valence-corrected chi connectivity index (χ2v) is 23.9. The molecule has 0 saturated carbocycles. The topological polar surface area (TPSA) is 307 Å². The lowest BCUT2D eigenvalue weighted by atomic mass is 9.96. The summed E-state index contributed by atoms with van der Waals surface area (Å²) in [6.07, 6.45) is 26.3. The number of amides is 1. The second-order valence-electron chi connectivity index (χ2n) is 23.9. The predicted molar refractivity (Wildman–Crippen MR) is 319 cm³/mol. The summed E-state index contributed by atoms with van der Waals surface area (Å²) in [6, 6.07) is -0.965. The minimum Gasteiger partial charge on any atom is -0.394 e. The van der Waals surface area contributed by atoms with Crippen molar-refractivity contribution in [2.75, 3.05) is 26.4 Å². The highest BCUT2D eigenvalue weighted by Gasteiger charge is 2.53. The van der Waals surface area contributed by atoms with Crippen molar-refractivity contribution >= 4 is 5.91 Å². The molecule has 0 aromatic carbocycles. The first-order valence-corrected chi connectivity index (χ1v) is 33.1. The molecule has 12 N–H and O–H groups in total. The Bertz CT molecular complexity index is 1610. The van der Waals surface area contributed by atoms with E-state index in [1.807, 2.05) is 6.92 Å². The number of hydrogen-bond donors (Lipinski definition) is 12. The van der Waals surface area contributed by atoms with Crippen LogP contribution in [0.25, 0.3) is 0 Å². The third-order valence-electron chi connectivity index (χ3n) is 16.7. The molecule has 0 aromatic heterocycles. The summed E-state index contributed by atoms with van der Waals surface area (Å²) in [5, 5.41) is 119. The van der Waals surface area contributed by atoms with Crippen LogP contribution in [0.1, 0.15) is 245 Å². The Hall–Kier alpha value is -1.73. The van der Waals surface area contributed by atoms with Gasteiger partial charge in [0.05, 0.1) is 38.6 Å². The van der Waals surface area contributed by atoms with Crippen LogP contribution >= 0.6 is 0 Å². The van der Waals surface area contributed by atoms with Crippen molar-refractivity contribution in [2.45, 2.75) is 349 Å². The molecule has 17 unspecified atom stereocenters. The van der Waals surface area contributed by atoms with Gasteiger partial charge in [-0.15, -0.1) is 0 Å². The molecular formula is C64H119NO18. The molecule has 1 amide bonds. The molecule has 19 nitrogen and oxygen atoms in total. The molecule has 3 rings (SSSR count). The molecule has 83 heavy (non-hydrogen) atoms. The van der Waals surface area contributed by atoms with Gasteiger partial charge in [0, 0.05) is 6.42 Å². The maximum atomic E-state index is 13.2. The van der Waals surface area contributed by atoms with Gasteiger partial charge in [-0.25, -0.2) is 0 Å². The first-order chi connectivity index (χ1) is 40.3. The van der Waals surface area contributed by atoms with E-state index >= 15 is 0 Å². The monoisotopic (exact) mass is 1190 g/mol. The van der Waals surface area contributed by atoms with Crippen LogP contribution in [0.2, 0.25) is 0 Å². The second kappa shape index (κ2) is 47.3. The van der Waals surface area contributed by atoms with E-state index in [0.717, 1.165) is 25.7 Å². The van der Waals surface area contributed by atoms with Crippen molar-refractivity contribution in [3.63, 3.8) is 0 Å². The number of rotatable bonds is 50. The number of carbonyl (C=O) groups excluding carboxylic acids is 1. The lowest BCUT2D eigenvalue weighted by Crippen LogP contribution is -2.66. The van der Waals surface area contributed by atoms with Gasteiger partial charge in [0.1, 0.15) is 73.2 Å². The minimum atomic E-state index is -1.97. The molecule has 0 spiro atoms. The van der Waals surface area contributed by atoms with Crippen LogP contribution in [0.3, 0.4) is 0 Å². The molecule has 3 heterocycles. The van der Waals surface area contributed by atoms with Crippen LogP contribution < -0.4 is 5.32 Å². The molecule has 488 valence electrons. The standard InChI is InChI=1S/C64H119NO18/c1-3-5-7-8-9-10-11-12-13-14-15-16-17-18-19-20-21-22-23-24-25-26-27-28-29-30-31-32-33-34-35-36-37-38-40-42-52(70)65-47(48(69)41-39-6-4-2)46-78-62-58(76)55(73)60(50(44-67)80-62)83-64-59(77)56(74)61(51(45-68)81-64)82-63-57(75)54(72)53(71)49(43-66)79-63/h14-15,39,41,47-51,53-64,66-69,71-77H,3-13,16-38,40,42-46H2,1-2H3,(H,65,70)/b15-14-,41-39+. The van der Waals surface area contributed by atoms with Gasteiger partial charge < -0.3 is 89.9 Å². The number of aliphatic hydroxyl groups is 11. The number of aliphatic hydroxyl groups excluding tert-OH is 11. The summed E-state index contributed by atoms with van der Waals surface area (Å²) < 4.78 is 34.0. The molecular weight excluding hydrogens is 1070 g/mol. The van der Waals surface area contributed by atoms with Gasteiger partial charge in [-0.05, 0) is 38.5 Å². The Morgan fingerprint density at radius 1 is 0.422 bits per heavy atom. The maximum absolute atomic E-state index is 13.2. The molecule has 3 saturated heterocycles.